The van der Waals surface area contributed by atoms with Gasteiger partial charge in [0.2, 0.25) is 11.9 Å². The van der Waals surface area contributed by atoms with Gasteiger partial charge in [-0.05, 0) is 48.4 Å². The van der Waals surface area contributed by atoms with E-state index in [9.17, 15) is 4.79 Å². The molecule has 2 aromatic carbocycles. The molecule has 0 fully saturated rings. The van der Waals surface area contributed by atoms with E-state index in [0.29, 0.717) is 18.3 Å². The van der Waals surface area contributed by atoms with Crippen molar-refractivity contribution in [1.82, 2.24) is 15.2 Å². The summed E-state index contributed by atoms with van der Waals surface area (Å²) in [6, 6.07) is 15.3. The first kappa shape index (κ1) is 19.1. The van der Waals surface area contributed by atoms with Gasteiger partial charge < -0.3 is 20.7 Å². The van der Waals surface area contributed by atoms with E-state index in [1.54, 1.807) is 13.3 Å². The molecule has 0 radical (unpaired) electrons. The third kappa shape index (κ3) is 5.66. The van der Waals surface area contributed by atoms with Crippen LogP contribution in [0.25, 0.3) is 0 Å². The lowest BCUT2D eigenvalue weighted by Crippen LogP contribution is -2.10. The van der Waals surface area contributed by atoms with Crippen molar-refractivity contribution < 1.29 is 9.53 Å². The summed E-state index contributed by atoms with van der Waals surface area (Å²) < 4.78 is 5.23. The standard InChI is InChI=1S/C20H22N6O2/c1-14(27)23-16-6-8-17(9-7-16)24-19-13-22-26-20(25-19)21-11-10-15-4-3-5-18(12-15)28-2/h3-9,12-13H,10-11H2,1-2H3,(H,23,27)(H2,21,24,25,26). The average Bonchev–Trinajstić information content (AvgIpc) is 2.70. The van der Waals surface area contributed by atoms with Crippen molar-refractivity contribution in [3.8, 4) is 5.75 Å². The van der Waals surface area contributed by atoms with Gasteiger partial charge in [-0.25, -0.2) is 0 Å². The number of rotatable bonds is 8. The lowest BCUT2D eigenvalue weighted by Gasteiger charge is -2.09. The fourth-order valence-corrected chi connectivity index (χ4v) is 2.57. The number of carbonyl (C=O) groups is 1. The van der Waals surface area contributed by atoms with Crippen LogP contribution in [-0.4, -0.2) is 34.7 Å². The van der Waals surface area contributed by atoms with Crippen LogP contribution in [0.2, 0.25) is 0 Å². The Labute approximate surface area is 163 Å². The molecule has 0 atom stereocenters. The van der Waals surface area contributed by atoms with Gasteiger partial charge in [-0.15, -0.1) is 5.10 Å². The summed E-state index contributed by atoms with van der Waals surface area (Å²) in [7, 11) is 1.66. The van der Waals surface area contributed by atoms with E-state index in [-0.39, 0.29) is 5.91 Å². The summed E-state index contributed by atoms with van der Waals surface area (Å²) in [5.74, 6) is 1.76. The second-order valence-corrected chi connectivity index (χ2v) is 6.08. The third-order valence-corrected chi connectivity index (χ3v) is 3.87. The molecule has 1 aromatic heterocycles. The van der Waals surface area contributed by atoms with Gasteiger partial charge >= 0.3 is 0 Å². The van der Waals surface area contributed by atoms with E-state index in [1.165, 1.54) is 6.92 Å². The Kier molecular flexibility index (Phi) is 6.35. The quantitative estimate of drug-likeness (QED) is 0.553. The topological polar surface area (TPSA) is 101 Å². The molecule has 3 N–H and O–H groups in total. The minimum absolute atomic E-state index is 0.106. The number of carbonyl (C=O) groups excluding carboxylic acids is 1. The fraction of sp³-hybridized carbons (Fsp3) is 0.200. The maximum Gasteiger partial charge on any atom is 0.244 e. The molecule has 1 heterocycles. The number of ether oxygens (including phenoxy) is 1. The van der Waals surface area contributed by atoms with Gasteiger partial charge in [0.05, 0.1) is 13.3 Å². The van der Waals surface area contributed by atoms with Crippen molar-refractivity contribution in [3.63, 3.8) is 0 Å². The maximum absolute atomic E-state index is 11.1. The van der Waals surface area contributed by atoms with Crippen LogP contribution < -0.4 is 20.7 Å². The van der Waals surface area contributed by atoms with Gasteiger partial charge in [0, 0.05) is 24.8 Å². The number of methoxy groups -OCH3 is 1. The first-order valence-electron chi connectivity index (χ1n) is 8.83. The summed E-state index contributed by atoms with van der Waals surface area (Å²) >= 11 is 0. The SMILES string of the molecule is COc1cccc(CCNc2nncc(Nc3ccc(NC(C)=O)cc3)n2)c1. The Morgan fingerprint density at radius 3 is 2.64 bits per heavy atom. The van der Waals surface area contributed by atoms with Crippen molar-refractivity contribution >= 4 is 29.0 Å². The molecule has 144 valence electrons. The molecule has 0 aliphatic rings. The molecule has 28 heavy (non-hydrogen) atoms. The molecule has 8 heteroatoms. The molecule has 3 aromatic rings. The molecule has 0 aliphatic heterocycles. The zero-order chi connectivity index (χ0) is 19.8. The zero-order valence-corrected chi connectivity index (χ0v) is 15.8. The fourth-order valence-electron chi connectivity index (χ4n) is 2.57. The number of nitrogens with zero attached hydrogens (tertiary/aromatic N) is 3. The predicted molar refractivity (Wildman–Crippen MR) is 109 cm³/mol. The van der Waals surface area contributed by atoms with E-state index < -0.39 is 0 Å². The maximum atomic E-state index is 11.1. The molecule has 0 saturated heterocycles. The molecule has 0 unspecified atom stereocenters. The third-order valence-electron chi connectivity index (χ3n) is 3.87. The highest BCUT2D eigenvalue weighted by atomic mass is 16.5. The highest BCUT2D eigenvalue weighted by Gasteiger charge is 2.03. The first-order chi connectivity index (χ1) is 13.6. The van der Waals surface area contributed by atoms with Crippen LogP contribution in [0.1, 0.15) is 12.5 Å². The minimum Gasteiger partial charge on any atom is -0.497 e. The van der Waals surface area contributed by atoms with Crippen LogP contribution in [0.4, 0.5) is 23.1 Å². The van der Waals surface area contributed by atoms with Gasteiger partial charge in [0.1, 0.15) is 5.75 Å². The monoisotopic (exact) mass is 378 g/mol. The molecule has 3 rings (SSSR count). The Morgan fingerprint density at radius 2 is 1.89 bits per heavy atom. The number of aromatic nitrogens is 3. The van der Waals surface area contributed by atoms with Crippen LogP contribution in [0, 0.1) is 0 Å². The van der Waals surface area contributed by atoms with Crippen LogP contribution in [0.5, 0.6) is 5.75 Å². The molecule has 8 nitrogen and oxygen atoms in total. The normalized spacial score (nSPS) is 10.2. The van der Waals surface area contributed by atoms with Crippen LogP contribution in [0.3, 0.4) is 0 Å². The molecule has 0 spiro atoms. The van der Waals surface area contributed by atoms with Crippen molar-refractivity contribution in [1.29, 1.82) is 0 Å². The van der Waals surface area contributed by atoms with E-state index in [1.807, 2.05) is 48.5 Å². The highest BCUT2D eigenvalue weighted by molar-refractivity contribution is 5.88. The highest BCUT2D eigenvalue weighted by Crippen LogP contribution is 2.18. The molecular formula is C20H22N6O2. The van der Waals surface area contributed by atoms with E-state index in [2.05, 4.69) is 31.1 Å². The van der Waals surface area contributed by atoms with Crippen molar-refractivity contribution in [2.75, 3.05) is 29.6 Å². The molecule has 0 saturated carbocycles. The number of hydrogen-bond donors (Lipinski definition) is 3. The first-order valence-corrected chi connectivity index (χ1v) is 8.83. The lowest BCUT2D eigenvalue weighted by atomic mass is 10.1. The molecule has 0 aliphatic carbocycles. The summed E-state index contributed by atoms with van der Waals surface area (Å²) in [6.07, 6.45) is 2.36. The smallest absolute Gasteiger partial charge is 0.244 e. The average molecular weight is 378 g/mol. The van der Waals surface area contributed by atoms with E-state index >= 15 is 0 Å². The van der Waals surface area contributed by atoms with Crippen LogP contribution >= 0.6 is 0 Å². The van der Waals surface area contributed by atoms with E-state index in [0.717, 1.165) is 29.1 Å². The summed E-state index contributed by atoms with van der Waals surface area (Å²) in [5.41, 5.74) is 2.73. The number of anilines is 4. The van der Waals surface area contributed by atoms with Crippen LogP contribution in [0.15, 0.2) is 54.7 Å². The summed E-state index contributed by atoms with van der Waals surface area (Å²) in [4.78, 5) is 15.5. The Morgan fingerprint density at radius 1 is 1.11 bits per heavy atom. The van der Waals surface area contributed by atoms with Gasteiger partial charge in [-0.1, -0.05) is 12.1 Å². The predicted octanol–water partition coefficient (Wildman–Crippen LogP) is 3.24. The van der Waals surface area contributed by atoms with Gasteiger partial charge in [-0.2, -0.15) is 10.1 Å². The Balaban J connectivity index is 1.55. The lowest BCUT2D eigenvalue weighted by molar-refractivity contribution is -0.114. The molecule has 1 amide bonds. The van der Waals surface area contributed by atoms with Crippen molar-refractivity contribution in [2.24, 2.45) is 0 Å². The van der Waals surface area contributed by atoms with E-state index in [4.69, 9.17) is 4.74 Å². The molecular weight excluding hydrogens is 356 g/mol. The second kappa shape index (κ2) is 9.31. The Bertz CT molecular complexity index is 930. The zero-order valence-electron chi connectivity index (χ0n) is 15.8. The van der Waals surface area contributed by atoms with Gasteiger partial charge in [0.25, 0.3) is 0 Å². The van der Waals surface area contributed by atoms with Gasteiger partial charge in [0.15, 0.2) is 5.82 Å². The number of amides is 1. The number of nitrogens with one attached hydrogen (secondary N) is 3. The largest absolute Gasteiger partial charge is 0.497 e. The second-order valence-electron chi connectivity index (χ2n) is 6.08. The Hall–Kier alpha value is -3.68. The summed E-state index contributed by atoms with van der Waals surface area (Å²) in [5, 5.41) is 17.1. The van der Waals surface area contributed by atoms with Crippen molar-refractivity contribution in [3.05, 3.63) is 60.3 Å². The molecule has 0 bridgehead atoms. The number of hydrogen-bond acceptors (Lipinski definition) is 7. The summed E-state index contributed by atoms with van der Waals surface area (Å²) in [6.45, 7) is 2.14. The number of benzene rings is 2. The van der Waals surface area contributed by atoms with Gasteiger partial charge in [-0.3, -0.25) is 4.79 Å². The van der Waals surface area contributed by atoms with Crippen molar-refractivity contribution in [2.45, 2.75) is 13.3 Å². The van der Waals surface area contributed by atoms with Crippen LogP contribution in [-0.2, 0) is 11.2 Å². The minimum atomic E-state index is -0.106.